The second-order valence-electron chi connectivity index (χ2n) is 5.74. The maximum absolute atomic E-state index is 2.49. The Balaban J connectivity index is 2.65. The fourth-order valence-electron chi connectivity index (χ4n) is 2.93. The number of piperidine rings is 1. The first-order valence-electron chi connectivity index (χ1n) is 7.98. The molecule has 1 rings (SSSR count). The summed E-state index contributed by atoms with van der Waals surface area (Å²) < 4.78 is 0. The van der Waals surface area contributed by atoms with Gasteiger partial charge in [0.05, 0.1) is 0 Å². The van der Waals surface area contributed by atoms with Gasteiger partial charge in [-0.05, 0) is 58.3 Å². The van der Waals surface area contributed by atoms with Crippen LogP contribution in [0.25, 0.3) is 0 Å². The fraction of sp³-hybridized carbons (Fsp3) is 0.765. The molecule has 1 unspecified atom stereocenters. The van der Waals surface area contributed by atoms with Crippen molar-refractivity contribution in [1.82, 2.24) is 9.80 Å². The van der Waals surface area contributed by atoms with Crippen molar-refractivity contribution in [1.29, 1.82) is 0 Å². The Morgan fingerprint density at radius 2 is 2.16 bits per heavy atom. The van der Waals surface area contributed by atoms with Crippen molar-refractivity contribution < 1.29 is 0 Å². The summed E-state index contributed by atoms with van der Waals surface area (Å²) in [7, 11) is 2.25. The molecule has 2 heteroatoms. The van der Waals surface area contributed by atoms with Crippen molar-refractivity contribution in [3.63, 3.8) is 0 Å². The van der Waals surface area contributed by atoms with E-state index in [1.54, 1.807) is 0 Å². The Bertz CT molecular complexity index is 294. The molecule has 1 saturated heterocycles. The summed E-state index contributed by atoms with van der Waals surface area (Å²) in [5.74, 6) is 0.812. The van der Waals surface area contributed by atoms with Crippen LogP contribution in [0.5, 0.6) is 0 Å². The number of allylic oxidation sites excluding steroid dienone is 3. The Kier molecular flexibility index (Phi) is 7.88. The van der Waals surface area contributed by atoms with Crippen LogP contribution >= 0.6 is 0 Å². The van der Waals surface area contributed by atoms with Crippen molar-refractivity contribution in [3.8, 4) is 0 Å². The largest absolute Gasteiger partial charge is 0.352 e. The summed E-state index contributed by atoms with van der Waals surface area (Å²) in [5, 5.41) is 0. The van der Waals surface area contributed by atoms with Gasteiger partial charge in [-0.1, -0.05) is 32.4 Å². The van der Waals surface area contributed by atoms with E-state index in [2.05, 4.69) is 56.0 Å². The summed E-state index contributed by atoms with van der Waals surface area (Å²) in [6.07, 6.45) is 13.1. The molecule has 0 spiro atoms. The summed E-state index contributed by atoms with van der Waals surface area (Å²) in [5.41, 5.74) is 1.49. The SMILES string of the molecule is C/C=C\N(CC1CCCN(C)C1)/C(=C\CCC)CC. The molecule has 0 amide bonds. The molecule has 1 fully saturated rings. The number of likely N-dealkylation sites (tertiary alicyclic amines) is 1. The van der Waals surface area contributed by atoms with Crippen LogP contribution in [-0.2, 0) is 0 Å². The molecule has 1 heterocycles. The van der Waals surface area contributed by atoms with Gasteiger partial charge < -0.3 is 9.80 Å². The average molecular weight is 264 g/mol. The zero-order chi connectivity index (χ0) is 14.1. The molecule has 1 atom stereocenters. The van der Waals surface area contributed by atoms with Gasteiger partial charge in [-0.2, -0.15) is 0 Å². The second kappa shape index (κ2) is 9.19. The third kappa shape index (κ3) is 5.82. The number of hydrogen-bond donors (Lipinski definition) is 0. The van der Waals surface area contributed by atoms with E-state index in [4.69, 9.17) is 0 Å². The molecule has 0 saturated carbocycles. The molecule has 0 aromatic carbocycles. The molecule has 2 nitrogen and oxygen atoms in total. The molecular formula is C17H32N2. The van der Waals surface area contributed by atoms with Crippen LogP contribution in [0.4, 0.5) is 0 Å². The van der Waals surface area contributed by atoms with Crippen molar-refractivity contribution in [2.75, 3.05) is 26.7 Å². The third-order valence-corrected chi connectivity index (χ3v) is 3.91. The van der Waals surface area contributed by atoms with Crippen molar-refractivity contribution >= 4 is 0 Å². The van der Waals surface area contributed by atoms with E-state index in [9.17, 15) is 0 Å². The van der Waals surface area contributed by atoms with E-state index in [0.717, 1.165) is 12.3 Å². The molecule has 0 aromatic rings. The van der Waals surface area contributed by atoms with E-state index >= 15 is 0 Å². The van der Waals surface area contributed by atoms with Gasteiger partial charge in [-0.25, -0.2) is 0 Å². The van der Waals surface area contributed by atoms with Gasteiger partial charge >= 0.3 is 0 Å². The Labute approximate surface area is 120 Å². The monoisotopic (exact) mass is 264 g/mol. The minimum atomic E-state index is 0.812. The van der Waals surface area contributed by atoms with Gasteiger partial charge in [-0.15, -0.1) is 0 Å². The zero-order valence-corrected chi connectivity index (χ0v) is 13.4. The maximum Gasteiger partial charge on any atom is 0.0262 e. The number of hydrogen-bond acceptors (Lipinski definition) is 2. The molecule has 0 bridgehead atoms. The van der Waals surface area contributed by atoms with Crippen LogP contribution in [0.2, 0.25) is 0 Å². The predicted octanol–water partition coefficient (Wildman–Crippen LogP) is 4.26. The number of nitrogens with zero attached hydrogens (tertiary/aromatic N) is 2. The first-order chi connectivity index (χ1) is 9.21. The molecule has 0 radical (unpaired) electrons. The van der Waals surface area contributed by atoms with E-state index < -0.39 is 0 Å². The van der Waals surface area contributed by atoms with Crippen LogP contribution in [-0.4, -0.2) is 36.5 Å². The van der Waals surface area contributed by atoms with E-state index in [-0.39, 0.29) is 0 Å². The van der Waals surface area contributed by atoms with Gasteiger partial charge in [0.2, 0.25) is 0 Å². The predicted molar refractivity (Wildman–Crippen MR) is 85.0 cm³/mol. The molecule has 1 aliphatic heterocycles. The Morgan fingerprint density at radius 1 is 1.37 bits per heavy atom. The molecular weight excluding hydrogens is 232 g/mol. The highest BCUT2D eigenvalue weighted by molar-refractivity contribution is 5.05. The van der Waals surface area contributed by atoms with Crippen LogP contribution < -0.4 is 0 Å². The Morgan fingerprint density at radius 3 is 2.74 bits per heavy atom. The van der Waals surface area contributed by atoms with Crippen LogP contribution in [0.1, 0.15) is 52.9 Å². The van der Waals surface area contributed by atoms with Crippen LogP contribution in [0.15, 0.2) is 24.0 Å². The lowest BCUT2D eigenvalue weighted by atomic mass is 9.97. The highest BCUT2D eigenvalue weighted by Crippen LogP contribution is 2.20. The van der Waals surface area contributed by atoms with Crippen molar-refractivity contribution in [2.45, 2.75) is 52.9 Å². The smallest absolute Gasteiger partial charge is 0.0262 e. The van der Waals surface area contributed by atoms with Crippen molar-refractivity contribution in [3.05, 3.63) is 24.0 Å². The third-order valence-electron chi connectivity index (χ3n) is 3.91. The van der Waals surface area contributed by atoms with E-state index in [1.807, 2.05) is 0 Å². The van der Waals surface area contributed by atoms with Gasteiger partial charge in [0.25, 0.3) is 0 Å². The normalized spacial score (nSPS) is 22.1. The van der Waals surface area contributed by atoms with Gasteiger partial charge in [0.1, 0.15) is 0 Å². The molecule has 0 aromatic heterocycles. The number of unbranched alkanes of at least 4 members (excludes halogenated alkanes) is 1. The Hall–Kier alpha value is -0.760. The second-order valence-corrected chi connectivity index (χ2v) is 5.74. The standard InChI is InChI=1S/C17H32N2/c1-5-8-11-17(7-3)19(12-6-2)15-16-10-9-13-18(4)14-16/h6,11-12,16H,5,7-10,13-15H2,1-4H3/b12-6-,17-11-. The quantitative estimate of drug-likeness (QED) is 0.678. The minimum Gasteiger partial charge on any atom is -0.352 e. The first kappa shape index (κ1) is 16.3. The van der Waals surface area contributed by atoms with Crippen LogP contribution in [0.3, 0.4) is 0 Å². The van der Waals surface area contributed by atoms with Crippen LogP contribution in [0, 0.1) is 5.92 Å². The summed E-state index contributed by atoms with van der Waals surface area (Å²) >= 11 is 0. The van der Waals surface area contributed by atoms with Gasteiger partial charge in [0, 0.05) is 18.8 Å². The molecule has 0 aliphatic carbocycles. The van der Waals surface area contributed by atoms with E-state index in [1.165, 1.54) is 51.0 Å². The fourth-order valence-corrected chi connectivity index (χ4v) is 2.93. The summed E-state index contributed by atoms with van der Waals surface area (Å²) in [6.45, 7) is 10.3. The minimum absolute atomic E-state index is 0.812. The maximum atomic E-state index is 2.49. The highest BCUT2D eigenvalue weighted by Gasteiger charge is 2.19. The van der Waals surface area contributed by atoms with Gasteiger partial charge in [-0.3, -0.25) is 0 Å². The average Bonchev–Trinajstić information content (AvgIpc) is 2.40. The van der Waals surface area contributed by atoms with Crippen molar-refractivity contribution in [2.24, 2.45) is 5.92 Å². The summed E-state index contributed by atoms with van der Waals surface area (Å²) in [4.78, 5) is 4.96. The lowest BCUT2D eigenvalue weighted by Crippen LogP contribution is -2.37. The molecule has 1 aliphatic rings. The van der Waals surface area contributed by atoms with Gasteiger partial charge in [0.15, 0.2) is 0 Å². The first-order valence-corrected chi connectivity index (χ1v) is 7.98. The zero-order valence-electron chi connectivity index (χ0n) is 13.4. The molecule has 19 heavy (non-hydrogen) atoms. The molecule has 0 N–H and O–H groups in total. The summed E-state index contributed by atoms with van der Waals surface area (Å²) in [6, 6.07) is 0. The topological polar surface area (TPSA) is 6.48 Å². The highest BCUT2D eigenvalue weighted by atomic mass is 15.1. The lowest BCUT2D eigenvalue weighted by molar-refractivity contribution is 0.185. The number of rotatable bonds is 7. The molecule has 110 valence electrons. The van der Waals surface area contributed by atoms with E-state index in [0.29, 0.717) is 0 Å². The lowest BCUT2D eigenvalue weighted by Gasteiger charge is -2.34.